The van der Waals surface area contributed by atoms with Crippen LogP contribution in [0.2, 0.25) is 0 Å². The first-order valence-corrected chi connectivity index (χ1v) is 8.66. The van der Waals surface area contributed by atoms with E-state index >= 15 is 0 Å². The third-order valence-corrected chi connectivity index (χ3v) is 5.21. The van der Waals surface area contributed by atoms with Crippen molar-refractivity contribution < 1.29 is 24.3 Å². The molecule has 0 fully saturated rings. The lowest BCUT2D eigenvalue weighted by molar-refractivity contribution is -0.913. The van der Waals surface area contributed by atoms with E-state index < -0.39 is 0 Å². The van der Waals surface area contributed by atoms with Crippen LogP contribution in [0.4, 0.5) is 0 Å². The van der Waals surface area contributed by atoms with Gasteiger partial charge in [0, 0.05) is 24.4 Å². The number of oxime groups is 1. The van der Waals surface area contributed by atoms with Gasteiger partial charge in [0.2, 0.25) is 12.5 Å². The average Bonchev–Trinajstić information content (AvgIpc) is 3.14. The van der Waals surface area contributed by atoms with E-state index in [1.54, 1.807) is 19.5 Å². The first-order valence-electron chi connectivity index (χ1n) is 8.66. The number of quaternary nitrogens is 1. The van der Waals surface area contributed by atoms with Gasteiger partial charge in [-0.05, 0) is 23.8 Å². The lowest BCUT2D eigenvalue weighted by Gasteiger charge is -2.33. The van der Waals surface area contributed by atoms with Crippen LogP contribution >= 0.6 is 0 Å². The molecule has 2 N–H and O–H groups in total. The Hall–Kier alpha value is -2.80. The van der Waals surface area contributed by atoms with Crippen LogP contribution in [-0.2, 0) is 6.42 Å². The number of benzene rings is 1. The average molecular weight is 356 g/mol. The van der Waals surface area contributed by atoms with Gasteiger partial charge in [-0.25, -0.2) is 0 Å². The maximum absolute atomic E-state index is 9.61. The SMILES string of the molecule is COc1c2c(cc3c1[C@H](C/C(=N/O)c1ccncc1)[NH+](C)CC3)OCO2. The first-order chi connectivity index (χ1) is 12.7. The van der Waals surface area contributed by atoms with E-state index in [1.165, 1.54) is 10.5 Å². The third-order valence-electron chi connectivity index (χ3n) is 5.21. The molecule has 3 heterocycles. The zero-order valence-electron chi connectivity index (χ0n) is 14.9. The number of ether oxygens (including phenoxy) is 3. The van der Waals surface area contributed by atoms with E-state index in [-0.39, 0.29) is 12.8 Å². The van der Waals surface area contributed by atoms with Crippen LogP contribution in [-0.4, -0.2) is 43.4 Å². The highest BCUT2D eigenvalue weighted by Gasteiger charge is 2.37. The van der Waals surface area contributed by atoms with Crippen molar-refractivity contribution in [1.29, 1.82) is 0 Å². The summed E-state index contributed by atoms with van der Waals surface area (Å²) in [6.07, 6.45) is 4.91. The Balaban J connectivity index is 1.76. The minimum atomic E-state index is 0.0854. The number of nitrogens with one attached hydrogen (secondary N) is 1. The summed E-state index contributed by atoms with van der Waals surface area (Å²) in [5.74, 6) is 2.13. The Kier molecular flexibility index (Phi) is 4.38. The van der Waals surface area contributed by atoms with E-state index in [0.29, 0.717) is 17.9 Å². The topological polar surface area (TPSA) is 77.6 Å². The molecule has 0 saturated carbocycles. The van der Waals surface area contributed by atoms with E-state index in [0.717, 1.165) is 35.6 Å². The number of hydrogen-bond acceptors (Lipinski definition) is 6. The van der Waals surface area contributed by atoms with Crippen LogP contribution in [0.5, 0.6) is 17.2 Å². The zero-order valence-corrected chi connectivity index (χ0v) is 14.9. The Morgan fingerprint density at radius 3 is 2.92 bits per heavy atom. The van der Waals surface area contributed by atoms with E-state index in [4.69, 9.17) is 14.2 Å². The van der Waals surface area contributed by atoms with E-state index in [2.05, 4.69) is 23.3 Å². The highest BCUT2D eigenvalue weighted by atomic mass is 16.7. The fourth-order valence-electron chi connectivity index (χ4n) is 3.85. The summed E-state index contributed by atoms with van der Waals surface area (Å²) in [5.41, 5.74) is 3.80. The minimum Gasteiger partial charge on any atom is -0.492 e. The molecular weight excluding hydrogens is 334 g/mol. The van der Waals surface area contributed by atoms with Crippen LogP contribution in [0.25, 0.3) is 0 Å². The molecule has 4 rings (SSSR count). The van der Waals surface area contributed by atoms with Gasteiger partial charge in [0.05, 0.1) is 38.4 Å². The van der Waals surface area contributed by atoms with Gasteiger partial charge >= 0.3 is 0 Å². The normalized spacial score (nSPS) is 21.4. The second-order valence-corrected chi connectivity index (χ2v) is 6.60. The molecule has 1 unspecified atom stereocenters. The lowest BCUT2D eigenvalue weighted by atomic mass is 9.87. The van der Waals surface area contributed by atoms with Crippen molar-refractivity contribution in [3.05, 3.63) is 47.3 Å². The molecule has 2 aliphatic heterocycles. The van der Waals surface area contributed by atoms with Gasteiger partial charge < -0.3 is 24.3 Å². The Bertz CT molecular complexity index is 838. The summed E-state index contributed by atoms with van der Waals surface area (Å²) < 4.78 is 16.9. The van der Waals surface area contributed by atoms with Gasteiger partial charge in [-0.2, -0.15) is 0 Å². The molecule has 1 aromatic heterocycles. The summed E-state index contributed by atoms with van der Waals surface area (Å²) in [5, 5.41) is 13.2. The minimum absolute atomic E-state index is 0.0854. The number of rotatable bonds is 4. The maximum Gasteiger partial charge on any atom is 0.231 e. The first kappa shape index (κ1) is 16.7. The molecule has 7 nitrogen and oxygen atoms in total. The van der Waals surface area contributed by atoms with Crippen LogP contribution in [0.1, 0.15) is 29.2 Å². The summed E-state index contributed by atoms with van der Waals surface area (Å²) in [6.45, 7) is 1.19. The Morgan fingerprint density at radius 1 is 1.38 bits per heavy atom. The summed E-state index contributed by atoms with van der Waals surface area (Å²) in [4.78, 5) is 5.37. The van der Waals surface area contributed by atoms with Crippen molar-refractivity contribution in [2.45, 2.75) is 18.9 Å². The van der Waals surface area contributed by atoms with Crippen LogP contribution in [0.3, 0.4) is 0 Å². The summed E-state index contributed by atoms with van der Waals surface area (Å²) >= 11 is 0. The van der Waals surface area contributed by atoms with Crippen LogP contribution in [0, 0.1) is 0 Å². The van der Waals surface area contributed by atoms with Crippen LogP contribution < -0.4 is 19.1 Å². The molecule has 2 aromatic rings. The molecular formula is C19H22N3O4+. The Labute approximate surface area is 151 Å². The molecule has 0 radical (unpaired) electrons. The predicted octanol–water partition coefficient (Wildman–Crippen LogP) is 1.20. The second-order valence-electron chi connectivity index (χ2n) is 6.60. The monoisotopic (exact) mass is 356 g/mol. The second kappa shape index (κ2) is 6.84. The highest BCUT2D eigenvalue weighted by molar-refractivity contribution is 6.00. The largest absolute Gasteiger partial charge is 0.492 e. The molecule has 0 aliphatic carbocycles. The molecule has 0 amide bonds. The van der Waals surface area contributed by atoms with E-state index in [1.807, 2.05) is 12.1 Å². The van der Waals surface area contributed by atoms with Gasteiger partial charge in [-0.1, -0.05) is 5.16 Å². The number of nitrogens with zero attached hydrogens (tertiary/aromatic N) is 2. The molecule has 0 bridgehead atoms. The fraction of sp³-hybridized carbons (Fsp3) is 0.368. The smallest absolute Gasteiger partial charge is 0.231 e. The highest BCUT2D eigenvalue weighted by Crippen LogP contribution is 2.47. The van der Waals surface area contributed by atoms with Crippen molar-refractivity contribution in [2.24, 2.45) is 5.16 Å². The summed E-state index contributed by atoms with van der Waals surface area (Å²) in [7, 11) is 3.81. The van der Waals surface area contributed by atoms with Crippen molar-refractivity contribution in [3.63, 3.8) is 0 Å². The third kappa shape index (κ3) is 2.74. The molecule has 0 saturated heterocycles. The number of aromatic nitrogens is 1. The fourth-order valence-corrected chi connectivity index (χ4v) is 3.85. The number of methoxy groups -OCH3 is 1. The lowest BCUT2D eigenvalue weighted by Crippen LogP contribution is -3.10. The molecule has 1 aromatic carbocycles. The predicted molar refractivity (Wildman–Crippen MR) is 94.5 cm³/mol. The van der Waals surface area contributed by atoms with Crippen molar-refractivity contribution in [3.8, 4) is 17.2 Å². The molecule has 26 heavy (non-hydrogen) atoms. The van der Waals surface area contributed by atoms with E-state index in [9.17, 15) is 5.21 Å². The van der Waals surface area contributed by atoms with Crippen molar-refractivity contribution >= 4 is 5.71 Å². The van der Waals surface area contributed by atoms with Gasteiger partial charge in [0.1, 0.15) is 6.04 Å². The van der Waals surface area contributed by atoms with Gasteiger partial charge in [-0.15, -0.1) is 0 Å². The van der Waals surface area contributed by atoms with Gasteiger partial charge in [-0.3, -0.25) is 4.98 Å². The molecule has 2 aliphatic rings. The Morgan fingerprint density at radius 2 is 2.19 bits per heavy atom. The zero-order chi connectivity index (χ0) is 18.1. The summed E-state index contributed by atoms with van der Waals surface area (Å²) in [6, 6.07) is 5.85. The van der Waals surface area contributed by atoms with Crippen molar-refractivity contribution in [1.82, 2.24) is 4.98 Å². The number of likely N-dealkylation sites (N-methyl/N-ethyl adjacent to an activating group) is 1. The number of fused-ring (bicyclic) bond motifs is 2. The van der Waals surface area contributed by atoms with Gasteiger partial charge in [0.15, 0.2) is 11.5 Å². The van der Waals surface area contributed by atoms with Gasteiger partial charge in [0.25, 0.3) is 0 Å². The quantitative estimate of drug-likeness (QED) is 0.489. The van der Waals surface area contributed by atoms with Crippen molar-refractivity contribution in [2.75, 3.05) is 27.5 Å². The standard InChI is InChI=1S/C19H21N3O4/c1-22-8-5-13-9-16-18(26-11-25-16)19(24-2)17(13)15(22)10-14(21-23)12-3-6-20-7-4-12/h3-4,6-7,9,15,23H,5,8,10-11H2,1-2H3/p+1/b21-14-/t15-/m0/s1. The molecule has 2 atom stereocenters. The van der Waals surface area contributed by atoms with Crippen LogP contribution in [0.15, 0.2) is 35.7 Å². The maximum atomic E-state index is 9.61. The number of hydrogen-bond donors (Lipinski definition) is 2. The number of pyridine rings is 1. The molecule has 7 heteroatoms. The molecule has 0 spiro atoms. The molecule has 136 valence electrons.